The van der Waals surface area contributed by atoms with Crippen LogP contribution in [-0.2, 0) is 4.79 Å². The number of nitrogens with one attached hydrogen (secondary N) is 1. The molecule has 14 heavy (non-hydrogen) atoms. The second-order valence-electron chi connectivity index (χ2n) is 4.92. The zero-order chi connectivity index (χ0) is 9.80. The molecule has 1 unspecified atom stereocenters. The number of carbonyl (C=O) groups excluding carboxylic acids is 1. The van der Waals surface area contributed by atoms with Crippen LogP contribution in [-0.4, -0.2) is 18.9 Å². The molecule has 1 aliphatic heterocycles. The molecule has 80 valence electrons. The van der Waals surface area contributed by atoms with Gasteiger partial charge in [0, 0.05) is 12.8 Å². The summed E-state index contributed by atoms with van der Waals surface area (Å²) in [6.45, 7) is 2.29. The van der Waals surface area contributed by atoms with Crippen molar-refractivity contribution in [3.8, 4) is 0 Å². The first kappa shape index (κ1) is 10.2. The van der Waals surface area contributed by atoms with Gasteiger partial charge >= 0.3 is 0 Å². The summed E-state index contributed by atoms with van der Waals surface area (Å²) >= 11 is 0. The number of rotatable bonds is 6. The van der Waals surface area contributed by atoms with E-state index in [0.717, 1.165) is 44.2 Å². The molecule has 0 aromatic carbocycles. The number of Topliss-reactive ketones (excluding diaryl/α,β-unsaturated/α-hetero) is 1. The Balaban J connectivity index is 1.52. The minimum Gasteiger partial charge on any atom is -0.316 e. The topological polar surface area (TPSA) is 29.1 Å². The van der Waals surface area contributed by atoms with Crippen LogP contribution in [0.4, 0.5) is 0 Å². The molecular formula is C12H21NO. The molecule has 2 fully saturated rings. The molecule has 2 aliphatic rings. The van der Waals surface area contributed by atoms with E-state index in [1.807, 2.05) is 0 Å². The predicted molar refractivity (Wildman–Crippen MR) is 57.2 cm³/mol. The lowest BCUT2D eigenvalue weighted by atomic mass is 9.99. The van der Waals surface area contributed by atoms with Gasteiger partial charge in [-0.2, -0.15) is 0 Å². The van der Waals surface area contributed by atoms with Crippen LogP contribution in [0.15, 0.2) is 0 Å². The fraction of sp³-hybridized carbons (Fsp3) is 0.917. The predicted octanol–water partition coefficient (Wildman–Crippen LogP) is 2.14. The summed E-state index contributed by atoms with van der Waals surface area (Å²) in [6.07, 6.45) is 8.00. The van der Waals surface area contributed by atoms with Crippen LogP contribution < -0.4 is 5.32 Å². The van der Waals surface area contributed by atoms with Crippen LogP contribution in [0.25, 0.3) is 0 Å². The van der Waals surface area contributed by atoms with Crippen molar-refractivity contribution in [2.75, 3.05) is 13.1 Å². The number of hydrogen-bond acceptors (Lipinski definition) is 2. The summed E-state index contributed by atoms with van der Waals surface area (Å²) in [5.74, 6) is 2.19. The van der Waals surface area contributed by atoms with Crippen molar-refractivity contribution in [3.05, 3.63) is 0 Å². The van der Waals surface area contributed by atoms with Crippen molar-refractivity contribution in [3.63, 3.8) is 0 Å². The number of hydrogen-bond donors (Lipinski definition) is 1. The third-order valence-electron chi connectivity index (χ3n) is 3.52. The highest BCUT2D eigenvalue weighted by Crippen LogP contribution is 2.33. The molecule has 1 aliphatic carbocycles. The van der Waals surface area contributed by atoms with E-state index in [4.69, 9.17) is 0 Å². The minimum absolute atomic E-state index is 0.504. The number of carbonyl (C=O) groups is 1. The monoisotopic (exact) mass is 195 g/mol. The fourth-order valence-corrected chi connectivity index (χ4v) is 2.22. The molecule has 1 saturated heterocycles. The zero-order valence-electron chi connectivity index (χ0n) is 8.93. The van der Waals surface area contributed by atoms with E-state index >= 15 is 0 Å². The van der Waals surface area contributed by atoms with Crippen molar-refractivity contribution in [2.45, 2.75) is 44.9 Å². The summed E-state index contributed by atoms with van der Waals surface area (Å²) in [5.41, 5.74) is 0. The smallest absolute Gasteiger partial charge is 0.132 e. The highest BCUT2D eigenvalue weighted by molar-refractivity contribution is 5.78. The second-order valence-corrected chi connectivity index (χ2v) is 4.92. The van der Waals surface area contributed by atoms with Gasteiger partial charge in [-0.05, 0) is 44.2 Å². The van der Waals surface area contributed by atoms with Gasteiger partial charge in [-0.3, -0.25) is 4.79 Å². The second kappa shape index (κ2) is 4.92. The van der Waals surface area contributed by atoms with Crippen LogP contribution in [0.3, 0.4) is 0 Å². The summed E-state index contributed by atoms with van der Waals surface area (Å²) in [5, 5.41) is 3.34. The first-order valence-corrected chi connectivity index (χ1v) is 6.07. The Labute approximate surface area is 86.5 Å². The lowest BCUT2D eigenvalue weighted by Gasteiger charge is -2.06. The van der Waals surface area contributed by atoms with Crippen molar-refractivity contribution in [1.29, 1.82) is 0 Å². The van der Waals surface area contributed by atoms with E-state index in [0.29, 0.717) is 5.78 Å². The van der Waals surface area contributed by atoms with Crippen molar-refractivity contribution >= 4 is 5.78 Å². The van der Waals surface area contributed by atoms with Gasteiger partial charge in [-0.15, -0.1) is 0 Å². The Morgan fingerprint density at radius 2 is 1.79 bits per heavy atom. The molecule has 2 rings (SSSR count). The van der Waals surface area contributed by atoms with Crippen LogP contribution in [0.1, 0.15) is 44.9 Å². The van der Waals surface area contributed by atoms with Gasteiger partial charge in [-0.25, -0.2) is 0 Å². The largest absolute Gasteiger partial charge is 0.316 e. The van der Waals surface area contributed by atoms with Gasteiger partial charge in [0.2, 0.25) is 0 Å². The highest BCUT2D eigenvalue weighted by atomic mass is 16.1. The molecule has 2 heteroatoms. The van der Waals surface area contributed by atoms with Crippen molar-refractivity contribution < 1.29 is 4.79 Å². The summed E-state index contributed by atoms with van der Waals surface area (Å²) in [6, 6.07) is 0. The van der Waals surface area contributed by atoms with E-state index in [-0.39, 0.29) is 0 Å². The quantitative estimate of drug-likeness (QED) is 0.703. The maximum Gasteiger partial charge on any atom is 0.132 e. The average molecular weight is 195 g/mol. The molecule has 1 heterocycles. The first-order chi connectivity index (χ1) is 6.84. The van der Waals surface area contributed by atoms with E-state index < -0.39 is 0 Å². The lowest BCUT2D eigenvalue weighted by Crippen LogP contribution is -2.10. The Kier molecular flexibility index (Phi) is 3.57. The normalized spacial score (nSPS) is 26.7. The van der Waals surface area contributed by atoms with Gasteiger partial charge in [0.05, 0.1) is 0 Å². The van der Waals surface area contributed by atoms with Crippen molar-refractivity contribution in [2.24, 2.45) is 11.8 Å². The molecule has 1 N–H and O–H groups in total. The molecular weight excluding hydrogens is 174 g/mol. The van der Waals surface area contributed by atoms with Gasteiger partial charge in [0.1, 0.15) is 5.78 Å². The molecule has 2 nitrogen and oxygen atoms in total. The SMILES string of the molecule is O=C(CCC1CC1)CCC1CCNC1. The standard InChI is InChI=1S/C12H21NO/c14-12(5-3-10-1-2-10)6-4-11-7-8-13-9-11/h10-11,13H,1-9H2. The van der Waals surface area contributed by atoms with E-state index in [1.165, 1.54) is 25.7 Å². The molecule has 0 radical (unpaired) electrons. The molecule has 0 amide bonds. The molecule has 1 atom stereocenters. The summed E-state index contributed by atoms with van der Waals surface area (Å²) < 4.78 is 0. The summed E-state index contributed by atoms with van der Waals surface area (Å²) in [4.78, 5) is 11.5. The van der Waals surface area contributed by atoms with Crippen LogP contribution >= 0.6 is 0 Å². The van der Waals surface area contributed by atoms with Crippen molar-refractivity contribution in [1.82, 2.24) is 5.32 Å². The van der Waals surface area contributed by atoms with Gasteiger partial charge in [0.25, 0.3) is 0 Å². The molecule has 1 saturated carbocycles. The molecule has 0 aromatic rings. The fourth-order valence-electron chi connectivity index (χ4n) is 2.22. The maximum atomic E-state index is 11.5. The van der Waals surface area contributed by atoms with Gasteiger partial charge in [-0.1, -0.05) is 12.8 Å². The molecule has 0 spiro atoms. The Bertz CT molecular complexity index is 192. The maximum absolute atomic E-state index is 11.5. The Morgan fingerprint density at radius 3 is 2.36 bits per heavy atom. The summed E-state index contributed by atoms with van der Waals surface area (Å²) in [7, 11) is 0. The van der Waals surface area contributed by atoms with Gasteiger partial charge < -0.3 is 5.32 Å². The third kappa shape index (κ3) is 3.41. The van der Waals surface area contributed by atoms with E-state index in [2.05, 4.69) is 5.32 Å². The van der Waals surface area contributed by atoms with E-state index in [9.17, 15) is 4.79 Å². The Morgan fingerprint density at radius 1 is 1.07 bits per heavy atom. The van der Waals surface area contributed by atoms with Crippen LogP contribution in [0, 0.1) is 11.8 Å². The molecule has 0 bridgehead atoms. The Hall–Kier alpha value is -0.370. The third-order valence-corrected chi connectivity index (χ3v) is 3.52. The first-order valence-electron chi connectivity index (χ1n) is 6.07. The number of ketones is 1. The zero-order valence-corrected chi connectivity index (χ0v) is 8.93. The minimum atomic E-state index is 0.504. The van der Waals surface area contributed by atoms with E-state index in [1.54, 1.807) is 0 Å². The lowest BCUT2D eigenvalue weighted by molar-refractivity contribution is -0.119. The van der Waals surface area contributed by atoms with Crippen LogP contribution in [0.2, 0.25) is 0 Å². The highest BCUT2D eigenvalue weighted by Gasteiger charge is 2.22. The van der Waals surface area contributed by atoms with Crippen LogP contribution in [0.5, 0.6) is 0 Å². The average Bonchev–Trinajstić information content (AvgIpc) is 2.87. The molecule has 0 aromatic heterocycles. The van der Waals surface area contributed by atoms with Gasteiger partial charge in [0.15, 0.2) is 0 Å².